The number of rotatable bonds is 3. The minimum atomic E-state index is -0.395. The van der Waals surface area contributed by atoms with Gasteiger partial charge in [0.1, 0.15) is 5.82 Å². The summed E-state index contributed by atoms with van der Waals surface area (Å²) < 4.78 is 0. The molecule has 1 aromatic heterocycles. The summed E-state index contributed by atoms with van der Waals surface area (Å²) in [6, 6.07) is 6.83. The molecule has 3 N–H and O–H groups in total. The van der Waals surface area contributed by atoms with Gasteiger partial charge in [0.05, 0.1) is 16.8 Å². The van der Waals surface area contributed by atoms with E-state index in [0.717, 1.165) is 42.8 Å². The zero-order valence-electron chi connectivity index (χ0n) is 11.7. The Labute approximate surface area is 122 Å². The number of nitro benzene ring substituents is 1. The predicted octanol–water partition coefficient (Wildman–Crippen LogP) is 2.97. The molecule has 1 aliphatic rings. The van der Waals surface area contributed by atoms with Gasteiger partial charge in [-0.15, -0.1) is 0 Å². The van der Waals surface area contributed by atoms with Crippen LogP contribution < -0.4 is 5.73 Å². The standard InChI is InChI=1S/C15H18N4O2/c16-12-5-1-11(2-6-12)15-17-9-14(18-15)10-3-7-13(8-4-10)19(20)21/h3-4,7-9,11-12H,1-2,5-6,16H2,(H,17,18). The number of non-ortho nitro benzene ring substituents is 1. The first-order valence-corrected chi connectivity index (χ1v) is 7.19. The molecule has 6 nitrogen and oxygen atoms in total. The normalized spacial score (nSPS) is 22.1. The Morgan fingerprint density at radius 1 is 1.19 bits per heavy atom. The van der Waals surface area contributed by atoms with E-state index in [-0.39, 0.29) is 5.69 Å². The number of aromatic amines is 1. The summed E-state index contributed by atoms with van der Waals surface area (Å²) in [6.45, 7) is 0. The maximum absolute atomic E-state index is 10.7. The van der Waals surface area contributed by atoms with Crippen molar-refractivity contribution in [1.82, 2.24) is 9.97 Å². The average Bonchev–Trinajstić information content (AvgIpc) is 2.98. The molecular formula is C15H18N4O2. The number of nitrogens with zero attached hydrogens (tertiary/aromatic N) is 2. The summed E-state index contributed by atoms with van der Waals surface area (Å²) >= 11 is 0. The average molecular weight is 286 g/mol. The molecule has 0 atom stereocenters. The van der Waals surface area contributed by atoms with Crippen molar-refractivity contribution < 1.29 is 4.92 Å². The summed E-state index contributed by atoms with van der Waals surface area (Å²) in [7, 11) is 0. The van der Waals surface area contributed by atoms with Gasteiger partial charge in [0.15, 0.2) is 0 Å². The van der Waals surface area contributed by atoms with Gasteiger partial charge in [0, 0.05) is 29.7 Å². The molecular weight excluding hydrogens is 268 g/mol. The molecule has 1 heterocycles. The third-order valence-electron chi connectivity index (χ3n) is 4.14. The van der Waals surface area contributed by atoms with Gasteiger partial charge in [-0.05, 0) is 37.8 Å². The Bertz CT molecular complexity index is 627. The van der Waals surface area contributed by atoms with Crippen LogP contribution >= 0.6 is 0 Å². The van der Waals surface area contributed by atoms with Crippen molar-refractivity contribution in [2.75, 3.05) is 0 Å². The second-order valence-electron chi connectivity index (χ2n) is 5.60. The minimum absolute atomic E-state index is 0.0970. The number of H-pyrrole nitrogens is 1. The van der Waals surface area contributed by atoms with E-state index in [1.165, 1.54) is 12.1 Å². The fourth-order valence-corrected chi connectivity index (χ4v) is 2.85. The van der Waals surface area contributed by atoms with Crippen LogP contribution in [0.1, 0.15) is 37.4 Å². The summed E-state index contributed by atoms with van der Waals surface area (Å²) in [5.74, 6) is 1.44. The quantitative estimate of drug-likeness (QED) is 0.669. The molecule has 0 amide bonds. The largest absolute Gasteiger partial charge is 0.342 e. The van der Waals surface area contributed by atoms with E-state index in [0.29, 0.717) is 12.0 Å². The van der Waals surface area contributed by atoms with E-state index in [9.17, 15) is 10.1 Å². The van der Waals surface area contributed by atoms with Crippen LogP contribution in [0.3, 0.4) is 0 Å². The molecule has 3 rings (SSSR count). The summed E-state index contributed by atoms with van der Waals surface area (Å²) in [6.07, 6.45) is 6.00. The summed E-state index contributed by atoms with van der Waals surface area (Å²) in [5.41, 5.74) is 7.83. The van der Waals surface area contributed by atoms with Crippen molar-refractivity contribution in [2.45, 2.75) is 37.6 Å². The van der Waals surface area contributed by atoms with Crippen molar-refractivity contribution in [3.8, 4) is 11.3 Å². The lowest BCUT2D eigenvalue weighted by atomic mass is 9.86. The van der Waals surface area contributed by atoms with Crippen LogP contribution in [0.5, 0.6) is 0 Å². The smallest absolute Gasteiger partial charge is 0.269 e. The van der Waals surface area contributed by atoms with Gasteiger partial charge in [-0.2, -0.15) is 0 Å². The second kappa shape index (κ2) is 5.65. The van der Waals surface area contributed by atoms with Crippen molar-refractivity contribution in [3.63, 3.8) is 0 Å². The Morgan fingerprint density at radius 3 is 2.48 bits per heavy atom. The molecule has 0 saturated heterocycles. The van der Waals surface area contributed by atoms with Crippen LogP contribution in [0.25, 0.3) is 11.3 Å². The van der Waals surface area contributed by atoms with Crippen LogP contribution in [0.4, 0.5) is 5.69 Å². The number of benzene rings is 1. The highest BCUT2D eigenvalue weighted by Crippen LogP contribution is 2.31. The Hall–Kier alpha value is -2.21. The van der Waals surface area contributed by atoms with Gasteiger partial charge < -0.3 is 10.7 Å². The third-order valence-corrected chi connectivity index (χ3v) is 4.14. The lowest BCUT2D eigenvalue weighted by molar-refractivity contribution is -0.384. The van der Waals surface area contributed by atoms with Crippen LogP contribution in [0, 0.1) is 10.1 Å². The van der Waals surface area contributed by atoms with Gasteiger partial charge >= 0.3 is 0 Å². The van der Waals surface area contributed by atoms with Crippen LogP contribution in [0.15, 0.2) is 30.5 Å². The van der Waals surface area contributed by atoms with Crippen molar-refractivity contribution in [2.24, 2.45) is 5.73 Å². The topological polar surface area (TPSA) is 97.8 Å². The first kappa shape index (κ1) is 13.8. The molecule has 1 saturated carbocycles. The molecule has 1 aromatic carbocycles. The van der Waals surface area contributed by atoms with Crippen LogP contribution in [-0.4, -0.2) is 20.9 Å². The van der Waals surface area contributed by atoms with Crippen molar-refractivity contribution >= 4 is 5.69 Å². The number of nitro groups is 1. The van der Waals surface area contributed by atoms with E-state index in [2.05, 4.69) is 9.97 Å². The molecule has 0 bridgehead atoms. The first-order chi connectivity index (χ1) is 10.1. The SMILES string of the molecule is NC1CCC(c2ncc(-c3ccc([N+](=O)[O-])cc3)[nH]2)CC1. The fraction of sp³-hybridized carbons (Fsp3) is 0.400. The highest BCUT2D eigenvalue weighted by Gasteiger charge is 2.22. The molecule has 1 fully saturated rings. The highest BCUT2D eigenvalue weighted by molar-refractivity contribution is 5.60. The number of aromatic nitrogens is 2. The predicted molar refractivity (Wildman–Crippen MR) is 79.9 cm³/mol. The highest BCUT2D eigenvalue weighted by atomic mass is 16.6. The lowest BCUT2D eigenvalue weighted by Gasteiger charge is -2.24. The zero-order chi connectivity index (χ0) is 14.8. The Morgan fingerprint density at radius 2 is 1.86 bits per heavy atom. The molecule has 110 valence electrons. The van der Waals surface area contributed by atoms with Gasteiger partial charge in [0.25, 0.3) is 5.69 Å². The van der Waals surface area contributed by atoms with Crippen molar-refractivity contribution in [3.05, 3.63) is 46.4 Å². The molecule has 0 spiro atoms. The van der Waals surface area contributed by atoms with Crippen LogP contribution in [0.2, 0.25) is 0 Å². The lowest BCUT2D eigenvalue weighted by Crippen LogP contribution is -2.26. The maximum Gasteiger partial charge on any atom is 0.269 e. The Balaban J connectivity index is 1.76. The molecule has 2 aromatic rings. The number of nitrogens with one attached hydrogen (secondary N) is 1. The number of hydrogen-bond donors (Lipinski definition) is 2. The van der Waals surface area contributed by atoms with Crippen LogP contribution in [-0.2, 0) is 0 Å². The minimum Gasteiger partial charge on any atom is -0.342 e. The summed E-state index contributed by atoms with van der Waals surface area (Å²) in [4.78, 5) is 18.1. The molecule has 0 aliphatic heterocycles. The Kier molecular flexibility index (Phi) is 3.70. The fourth-order valence-electron chi connectivity index (χ4n) is 2.85. The van der Waals surface area contributed by atoms with Gasteiger partial charge in [-0.25, -0.2) is 4.98 Å². The third kappa shape index (κ3) is 2.95. The molecule has 1 aliphatic carbocycles. The van der Waals surface area contributed by atoms with E-state index in [1.807, 2.05) is 0 Å². The monoisotopic (exact) mass is 286 g/mol. The van der Waals surface area contributed by atoms with E-state index in [1.54, 1.807) is 18.3 Å². The van der Waals surface area contributed by atoms with Gasteiger partial charge in [-0.1, -0.05) is 0 Å². The number of hydrogen-bond acceptors (Lipinski definition) is 4. The van der Waals surface area contributed by atoms with Crippen molar-refractivity contribution in [1.29, 1.82) is 0 Å². The van der Waals surface area contributed by atoms with Gasteiger partial charge in [0.2, 0.25) is 0 Å². The summed E-state index contributed by atoms with van der Waals surface area (Å²) in [5, 5.41) is 10.7. The maximum atomic E-state index is 10.7. The van der Waals surface area contributed by atoms with E-state index >= 15 is 0 Å². The molecule has 0 radical (unpaired) electrons. The number of imidazole rings is 1. The molecule has 0 unspecified atom stereocenters. The molecule has 6 heteroatoms. The molecule has 21 heavy (non-hydrogen) atoms. The zero-order valence-corrected chi connectivity index (χ0v) is 11.7. The van der Waals surface area contributed by atoms with E-state index < -0.39 is 4.92 Å². The second-order valence-corrected chi connectivity index (χ2v) is 5.60. The van der Waals surface area contributed by atoms with E-state index in [4.69, 9.17) is 5.73 Å². The number of nitrogens with two attached hydrogens (primary N) is 1. The van der Waals surface area contributed by atoms with Gasteiger partial charge in [-0.3, -0.25) is 10.1 Å². The first-order valence-electron chi connectivity index (χ1n) is 7.19.